The number of hydrogen-bond donors (Lipinski definition) is 2. The zero-order valence-corrected chi connectivity index (χ0v) is 22.2. The molecule has 3 aromatic carbocycles. The standard InChI is InChI=1S/C32H30N4OS/c1-21-28(24-14-8-9-15-26(24)36(21)19-23-12-6-3-7-13-23)30-33-31(37)29-25-16-17-35(18-22-10-4-2-5-11-22)20-27(25)38-32(29)34-30/h2-15,30,34H,16-20H2,1H3,(H,33,37)/t30-/m0/s1. The Balaban J connectivity index is 1.20. The minimum absolute atomic E-state index is 0.0389. The van der Waals surface area contributed by atoms with Gasteiger partial charge in [0, 0.05) is 53.2 Å². The summed E-state index contributed by atoms with van der Waals surface area (Å²) in [6.07, 6.45) is 0.640. The van der Waals surface area contributed by atoms with Crippen molar-refractivity contribution in [2.45, 2.75) is 39.1 Å². The van der Waals surface area contributed by atoms with Gasteiger partial charge in [-0.25, -0.2) is 0 Å². The maximum absolute atomic E-state index is 13.6. The monoisotopic (exact) mass is 518 g/mol. The number of fused-ring (bicyclic) bond motifs is 4. The number of anilines is 1. The molecular weight excluding hydrogens is 488 g/mol. The van der Waals surface area contributed by atoms with Gasteiger partial charge in [-0.1, -0.05) is 78.9 Å². The lowest BCUT2D eigenvalue weighted by molar-refractivity contribution is 0.0934. The Hall–Kier alpha value is -3.87. The van der Waals surface area contributed by atoms with E-state index in [1.54, 1.807) is 11.3 Å². The highest BCUT2D eigenvalue weighted by atomic mass is 32.1. The topological polar surface area (TPSA) is 49.3 Å². The Bertz CT molecular complexity index is 1640. The molecule has 0 unspecified atom stereocenters. The van der Waals surface area contributed by atoms with Crippen molar-refractivity contribution in [2.75, 3.05) is 11.9 Å². The summed E-state index contributed by atoms with van der Waals surface area (Å²) >= 11 is 1.75. The highest BCUT2D eigenvalue weighted by Gasteiger charge is 2.35. The van der Waals surface area contributed by atoms with Crippen molar-refractivity contribution in [2.24, 2.45) is 0 Å². The van der Waals surface area contributed by atoms with Crippen LogP contribution in [0.2, 0.25) is 0 Å². The highest BCUT2D eigenvalue weighted by molar-refractivity contribution is 7.16. The summed E-state index contributed by atoms with van der Waals surface area (Å²) < 4.78 is 2.37. The molecule has 0 saturated heterocycles. The van der Waals surface area contributed by atoms with Gasteiger partial charge in [-0.05, 0) is 36.1 Å². The van der Waals surface area contributed by atoms with Gasteiger partial charge in [0.25, 0.3) is 5.91 Å². The van der Waals surface area contributed by atoms with E-state index in [4.69, 9.17) is 0 Å². The van der Waals surface area contributed by atoms with Crippen molar-refractivity contribution in [1.82, 2.24) is 14.8 Å². The number of thiophene rings is 1. The summed E-state index contributed by atoms with van der Waals surface area (Å²) in [5.74, 6) is 0.0389. The van der Waals surface area contributed by atoms with Crippen molar-refractivity contribution in [3.05, 3.63) is 123 Å². The summed E-state index contributed by atoms with van der Waals surface area (Å²) in [6, 6.07) is 29.7. The molecule has 0 fully saturated rings. The van der Waals surface area contributed by atoms with Crippen molar-refractivity contribution < 1.29 is 4.79 Å². The first kappa shape index (κ1) is 23.3. The molecule has 5 aromatic rings. The smallest absolute Gasteiger partial charge is 0.256 e. The Morgan fingerprint density at radius 2 is 1.55 bits per heavy atom. The van der Waals surface area contributed by atoms with Gasteiger partial charge in [0.2, 0.25) is 0 Å². The number of carbonyl (C=O) groups is 1. The molecule has 0 saturated carbocycles. The summed E-state index contributed by atoms with van der Waals surface area (Å²) in [5.41, 5.74) is 8.17. The number of benzene rings is 3. The Labute approximate surface area is 226 Å². The lowest BCUT2D eigenvalue weighted by Gasteiger charge is -2.29. The van der Waals surface area contributed by atoms with Gasteiger partial charge < -0.3 is 15.2 Å². The van der Waals surface area contributed by atoms with E-state index < -0.39 is 0 Å². The summed E-state index contributed by atoms with van der Waals surface area (Å²) in [5, 5.41) is 9.23. The number of rotatable bonds is 5. The number of amides is 1. The van der Waals surface area contributed by atoms with E-state index in [1.807, 2.05) is 0 Å². The fraction of sp³-hybridized carbons (Fsp3) is 0.219. The molecule has 2 aromatic heterocycles. The first-order chi connectivity index (χ1) is 18.7. The average Bonchev–Trinajstić information content (AvgIpc) is 3.44. The molecule has 5 nitrogen and oxygen atoms in total. The van der Waals surface area contributed by atoms with Crippen LogP contribution in [0.3, 0.4) is 0 Å². The fourth-order valence-electron chi connectivity index (χ4n) is 6.08. The highest BCUT2D eigenvalue weighted by Crippen LogP contribution is 2.42. The van der Waals surface area contributed by atoms with Gasteiger partial charge in [0.05, 0.1) is 5.56 Å². The first-order valence-corrected chi connectivity index (χ1v) is 14.1. The minimum atomic E-state index is -0.266. The molecule has 7 rings (SSSR count). The van der Waals surface area contributed by atoms with Gasteiger partial charge >= 0.3 is 0 Å². The molecule has 2 aliphatic rings. The van der Waals surface area contributed by atoms with Crippen molar-refractivity contribution >= 4 is 33.1 Å². The van der Waals surface area contributed by atoms with Crippen LogP contribution in [0.4, 0.5) is 5.00 Å². The second kappa shape index (κ2) is 9.46. The van der Waals surface area contributed by atoms with Gasteiger partial charge in [-0.3, -0.25) is 9.69 Å². The van der Waals surface area contributed by atoms with Crippen LogP contribution < -0.4 is 10.6 Å². The maximum Gasteiger partial charge on any atom is 0.256 e. The van der Waals surface area contributed by atoms with E-state index in [2.05, 4.69) is 112 Å². The molecule has 0 radical (unpaired) electrons. The van der Waals surface area contributed by atoms with E-state index in [9.17, 15) is 4.79 Å². The van der Waals surface area contributed by atoms with Crippen LogP contribution in [-0.2, 0) is 26.1 Å². The van der Waals surface area contributed by atoms with Crippen molar-refractivity contribution in [3.63, 3.8) is 0 Å². The summed E-state index contributed by atoms with van der Waals surface area (Å²) in [6.45, 7) is 5.75. The minimum Gasteiger partial charge on any atom is -0.353 e. The molecule has 1 atom stereocenters. The zero-order chi connectivity index (χ0) is 25.6. The van der Waals surface area contributed by atoms with Crippen LogP contribution in [0, 0.1) is 6.92 Å². The Morgan fingerprint density at radius 3 is 2.32 bits per heavy atom. The molecule has 0 spiro atoms. The second-order valence-corrected chi connectivity index (χ2v) is 11.4. The number of carbonyl (C=O) groups excluding carboxylic acids is 1. The molecule has 1 amide bonds. The number of hydrogen-bond acceptors (Lipinski definition) is 4. The number of para-hydroxylation sites is 1. The van der Waals surface area contributed by atoms with Crippen LogP contribution in [0.25, 0.3) is 10.9 Å². The number of aromatic nitrogens is 1. The third-order valence-electron chi connectivity index (χ3n) is 7.91. The summed E-state index contributed by atoms with van der Waals surface area (Å²) in [7, 11) is 0. The third kappa shape index (κ3) is 4.01. The third-order valence-corrected chi connectivity index (χ3v) is 9.06. The largest absolute Gasteiger partial charge is 0.353 e. The molecule has 2 N–H and O–H groups in total. The molecule has 4 heterocycles. The summed E-state index contributed by atoms with van der Waals surface area (Å²) in [4.78, 5) is 17.3. The number of nitrogens with one attached hydrogen (secondary N) is 2. The van der Waals surface area contributed by atoms with Crippen LogP contribution in [0.5, 0.6) is 0 Å². The van der Waals surface area contributed by atoms with Crippen molar-refractivity contribution in [1.29, 1.82) is 0 Å². The average molecular weight is 519 g/mol. The van der Waals surface area contributed by atoms with E-state index >= 15 is 0 Å². The molecule has 0 bridgehead atoms. The zero-order valence-electron chi connectivity index (χ0n) is 21.4. The van der Waals surface area contributed by atoms with Crippen molar-refractivity contribution in [3.8, 4) is 0 Å². The van der Waals surface area contributed by atoms with Gasteiger partial charge in [-0.2, -0.15) is 0 Å². The maximum atomic E-state index is 13.6. The van der Waals surface area contributed by atoms with Gasteiger partial charge in [-0.15, -0.1) is 11.3 Å². The van der Waals surface area contributed by atoms with E-state index in [-0.39, 0.29) is 12.1 Å². The normalized spacial score (nSPS) is 17.1. The lowest BCUT2D eigenvalue weighted by Crippen LogP contribution is -2.39. The molecule has 38 heavy (non-hydrogen) atoms. The van der Waals surface area contributed by atoms with Gasteiger partial charge in [0.1, 0.15) is 11.2 Å². The fourth-order valence-corrected chi connectivity index (χ4v) is 7.40. The van der Waals surface area contributed by atoms with E-state index in [0.717, 1.165) is 48.7 Å². The van der Waals surface area contributed by atoms with E-state index in [0.29, 0.717) is 0 Å². The number of nitrogens with zero attached hydrogens (tertiary/aromatic N) is 2. The Morgan fingerprint density at radius 1 is 0.868 bits per heavy atom. The quantitative estimate of drug-likeness (QED) is 0.280. The second-order valence-electron chi connectivity index (χ2n) is 10.3. The predicted molar refractivity (Wildman–Crippen MR) is 155 cm³/mol. The molecule has 2 aliphatic heterocycles. The SMILES string of the molecule is Cc1c([C@H]2NC(=O)c3c(sc4c3CCN(Cc3ccccc3)C4)N2)c2ccccc2n1Cc1ccccc1. The van der Waals surface area contributed by atoms with Gasteiger partial charge in [0.15, 0.2) is 0 Å². The molecule has 190 valence electrons. The predicted octanol–water partition coefficient (Wildman–Crippen LogP) is 6.47. The van der Waals surface area contributed by atoms with Crippen LogP contribution in [0.1, 0.15) is 49.3 Å². The van der Waals surface area contributed by atoms with Crippen LogP contribution in [-0.4, -0.2) is 21.9 Å². The Kier molecular flexibility index (Phi) is 5.79. The van der Waals surface area contributed by atoms with E-state index in [1.165, 1.54) is 38.2 Å². The lowest BCUT2D eigenvalue weighted by atomic mass is 9.99. The first-order valence-electron chi connectivity index (χ1n) is 13.3. The molecular formula is C32H30N4OS. The van der Waals surface area contributed by atoms with Crippen LogP contribution >= 0.6 is 11.3 Å². The molecule has 6 heteroatoms. The van der Waals surface area contributed by atoms with Crippen LogP contribution in [0.15, 0.2) is 84.9 Å². The molecule has 0 aliphatic carbocycles.